The Morgan fingerprint density at radius 3 is 2.91 bits per heavy atom. The Balaban J connectivity index is 1.76. The summed E-state index contributed by atoms with van der Waals surface area (Å²) in [6, 6.07) is 6.90. The van der Waals surface area contributed by atoms with Crippen LogP contribution in [0.1, 0.15) is 24.8 Å². The van der Waals surface area contributed by atoms with E-state index in [2.05, 4.69) is 15.5 Å². The number of benzene rings is 1. The molecule has 7 nitrogen and oxygen atoms in total. The zero-order valence-electron chi connectivity index (χ0n) is 13.0. The number of carboxylic acid groups (broad SMARTS) is 1. The average molecular weight is 321 g/mol. The van der Waals surface area contributed by atoms with E-state index < -0.39 is 5.97 Å². The van der Waals surface area contributed by atoms with E-state index in [9.17, 15) is 14.7 Å². The number of amides is 2. The molecule has 1 aliphatic heterocycles. The van der Waals surface area contributed by atoms with Crippen molar-refractivity contribution in [3.05, 3.63) is 29.8 Å². The van der Waals surface area contributed by atoms with E-state index in [1.54, 1.807) is 12.1 Å². The van der Waals surface area contributed by atoms with Crippen LogP contribution in [-0.2, 0) is 11.3 Å². The fraction of sp³-hybridized carbons (Fsp3) is 0.500. The molecule has 1 fully saturated rings. The normalized spacial score (nSPS) is 18.3. The largest absolute Gasteiger partial charge is 0.508 e. The third-order valence-electron chi connectivity index (χ3n) is 3.78. The summed E-state index contributed by atoms with van der Waals surface area (Å²) in [5.74, 6) is -0.674. The van der Waals surface area contributed by atoms with Gasteiger partial charge in [-0.05, 0) is 37.1 Å². The second-order valence-corrected chi connectivity index (χ2v) is 5.79. The van der Waals surface area contributed by atoms with Crippen molar-refractivity contribution in [1.29, 1.82) is 0 Å². The van der Waals surface area contributed by atoms with Gasteiger partial charge >= 0.3 is 12.0 Å². The average Bonchev–Trinajstić information content (AvgIpc) is 2.47. The molecule has 1 heterocycles. The second-order valence-electron chi connectivity index (χ2n) is 5.79. The van der Waals surface area contributed by atoms with Crippen molar-refractivity contribution in [1.82, 2.24) is 15.5 Å². The first-order chi connectivity index (χ1) is 11.0. The fourth-order valence-electron chi connectivity index (χ4n) is 2.75. The first kappa shape index (κ1) is 17.1. The van der Waals surface area contributed by atoms with Crippen LogP contribution in [-0.4, -0.2) is 52.8 Å². The Labute approximate surface area is 135 Å². The molecule has 1 saturated heterocycles. The van der Waals surface area contributed by atoms with Crippen molar-refractivity contribution in [3.8, 4) is 5.75 Å². The van der Waals surface area contributed by atoms with E-state index in [0.717, 1.165) is 38.0 Å². The molecule has 2 amide bonds. The molecule has 4 N–H and O–H groups in total. The van der Waals surface area contributed by atoms with E-state index in [1.807, 2.05) is 12.1 Å². The molecule has 2 rings (SSSR count). The predicted octanol–water partition coefficient (Wildman–Crippen LogP) is 1.13. The third-order valence-corrected chi connectivity index (χ3v) is 3.78. The molecule has 126 valence electrons. The second kappa shape index (κ2) is 8.38. The number of carbonyl (C=O) groups is 2. The number of rotatable bonds is 6. The van der Waals surface area contributed by atoms with Crippen molar-refractivity contribution in [2.45, 2.75) is 31.8 Å². The number of phenolic OH excluding ortho intramolecular Hbond substituents is 1. The van der Waals surface area contributed by atoms with Crippen molar-refractivity contribution in [3.63, 3.8) is 0 Å². The predicted molar refractivity (Wildman–Crippen MR) is 85.2 cm³/mol. The number of carbonyl (C=O) groups excluding carboxylic acids is 1. The number of phenols is 1. The number of carboxylic acids is 1. The summed E-state index contributed by atoms with van der Waals surface area (Å²) in [6.07, 6.45) is 1.81. The highest BCUT2D eigenvalue weighted by molar-refractivity contribution is 5.75. The smallest absolute Gasteiger partial charge is 0.315 e. The number of likely N-dealkylation sites (tertiary alicyclic amines) is 1. The summed E-state index contributed by atoms with van der Waals surface area (Å²) in [5.41, 5.74) is 1.04. The quantitative estimate of drug-likeness (QED) is 0.629. The SMILES string of the molecule is O=C(O)CCNC(=O)NC1CCCN(Cc2cccc(O)c2)C1. The van der Waals surface area contributed by atoms with Gasteiger partial charge in [0.2, 0.25) is 0 Å². The number of aliphatic carboxylic acids is 1. The zero-order chi connectivity index (χ0) is 16.7. The molecule has 1 aromatic rings. The molecule has 0 aromatic heterocycles. The van der Waals surface area contributed by atoms with Gasteiger partial charge in [0, 0.05) is 25.7 Å². The van der Waals surface area contributed by atoms with E-state index >= 15 is 0 Å². The molecule has 7 heteroatoms. The van der Waals surface area contributed by atoms with Gasteiger partial charge < -0.3 is 20.8 Å². The van der Waals surface area contributed by atoms with Crippen LogP contribution in [0.5, 0.6) is 5.75 Å². The maximum atomic E-state index is 11.7. The Bertz CT molecular complexity index is 550. The van der Waals surface area contributed by atoms with Gasteiger partial charge in [-0.2, -0.15) is 0 Å². The molecule has 1 unspecified atom stereocenters. The van der Waals surface area contributed by atoms with Crippen LogP contribution < -0.4 is 10.6 Å². The highest BCUT2D eigenvalue weighted by Crippen LogP contribution is 2.16. The van der Waals surface area contributed by atoms with Gasteiger partial charge in [-0.1, -0.05) is 12.1 Å². The monoisotopic (exact) mass is 321 g/mol. The summed E-state index contributed by atoms with van der Waals surface area (Å²) in [7, 11) is 0. The molecular weight excluding hydrogens is 298 g/mol. The van der Waals surface area contributed by atoms with Gasteiger partial charge in [0.05, 0.1) is 6.42 Å². The number of nitrogens with zero attached hydrogens (tertiary/aromatic N) is 1. The Hall–Kier alpha value is -2.28. The summed E-state index contributed by atoms with van der Waals surface area (Å²) in [6.45, 7) is 2.55. The van der Waals surface area contributed by atoms with Crippen LogP contribution in [0.3, 0.4) is 0 Å². The molecule has 1 aliphatic rings. The molecule has 0 aliphatic carbocycles. The van der Waals surface area contributed by atoms with Crippen LogP contribution in [0.4, 0.5) is 4.79 Å². The van der Waals surface area contributed by atoms with Gasteiger partial charge in [0.1, 0.15) is 5.75 Å². The standard InChI is InChI=1S/C16H23N3O4/c20-14-5-1-3-12(9-14)10-19-8-2-4-13(11-19)18-16(23)17-7-6-15(21)22/h1,3,5,9,13,20H,2,4,6-8,10-11H2,(H,21,22)(H2,17,18,23). The minimum absolute atomic E-state index is 0.0471. The maximum Gasteiger partial charge on any atom is 0.315 e. The summed E-state index contributed by atoms with van der Waals surface area (Å²) in [4.78, 5) is 24.4. The molecule has 0 bridgehead atoms. The molecule has 0 radical (unpaired) electrons. The molecule has 1 atom stereocenters. The summed E-state index contributed by atoms with van der Waals surface area (Å²) in [5, 5.41) is 23.5. The van der Waals surface area contributed by atoms with Gasteiger partial charge in [-0.3, -0.25) is 9.69 Å². The van der Waals surface area contributed by atoms with E-state index in [4.69, 9.17) is 5.11 Å². The topological polar surface area (TPSA) is 102 Å². The van der Waals surface area contributed by atoms with Crippen LogP contribution in [0.2, 0.25) is 0 Å². The lowest BCUT2D eigenvalue weighted by atomic mass is 10.0. The molecule has 0 spiro atoms. The van der Waals surface area contributed by atoms with Crippen LogP contribution in [0, 0.1) is 0 Å². The van der Waals surface area contributed by atoms with Gasteiger partial charge in [-0.25, -0.2) is 4.79 Å². The van der Waals surface area contributed by atoms with Gasteiger partial charge in [-0.15, -0.1) is 0 Å². The van der Waals surface area contributed by atoms with Crippen molar-refractivity contribution >= 4 is 12.0 Å². The minimum Gasteiger partial charge on any atom is -0.508 e. The highest BCUT2D eigenvalue weighted by atomic mass is 16.4. The molecule has 0 saturated carbocycles. The van der Waals surface area contributed by atoms with E-state index in [-0.39, 0.29) is 30.8 Å². The summed E-state index contributed by atoms with van der Waals surface area (Å²) >= 11 is 0. The van der Waals surface area contributed by atoms with Crippen molar-refractivity contribution in [2.75, 3.05) is 19.6 Å². The van der Waals surface area contributed by atoms with Crippen molar-refractivity contribution in [2.24, 2.45) is 0 Å². The Morgan fingerprint density at radius 1 is 1.35 bits per heavy atom. The molecule has 23 heavy (non-hydrogen) atoms. The number of hydrogen-bond acceptors (Lipinski definition) is 4. The Morgan fingerprint density at radius 2 is 2.17 bits per heavy atom. The first-order valence-corrected chi connectivity index (χ1v) is 7.79. The fourth-order valence-corrected chi connectivity index (χ4v) is 2.75. The number of piperidine rings is 1. The number of urea groups is 1. The zero-order valence-corrected chi connectivity index (χ0v) is 13.0. The lowest BCUT2D eigenvalue weighted by Crippen LogP contribution is -2.50. The molecule has 1 aromatic carbocycles. The molecular formula is C16H23N3O4. The summed E-state index contributed by atoms with van der Waals surface area (Å²) < 4.78 is 0. The van der Waals surface area contributed by atoms with E-state index in [1.165, 1.54) is 0 Å². The van der Waals surface area contributed by atoms with Gasteiger partial charge in [0.15, 0.2) is 0 Å². The Kier molecular flexibility index (Phi) is 6.22. The number of hydrogen-bond donors (Lipinski definition) is 4. The van der Waals surface area contributed by atoms with Crippen LogP contribution >= 0.6 is 0 Å². The highest BCUT2D eigenvalue weighted by Gasteiger charge is 2.21. The van der Waals surface area contributed by atoms with Gasteiger partial charge in [0.25, 0.3) is 0 Å². The van der Waals surface area contributed by atoms with Crippen LogP contribution in [0.15, 0.2) is 24.3 Å². The van der Waals surface area contributed by atoms with Crippen molar-refractivity contribution < 1.29 is 19.8 Å². The lowest BCUT2D eigenvalue weighted by molar-refractivity contribution is -0.136. The maximum absolute atomic E-state index is 11.7. The minimum atomic E-state index is -0.930. The number of nitrogens with one attached hydrogen (secondary N) is 2. The first-order valence-electron chi connectivity index (χ1n) is 7.79. The van der Waals surface area contributed by atoms with Crippen LogP contribution in [0.25, 0.3) is 0 Å². The van der Waals surface area contributed by atoms with E-state index in [0.29, 0.717) is 0 Å². The lowest BCUT2D eigenvalue weighted by Gasteiger charge is -2.33. The number of aromatic hydroxyl groups is 1. The third kappa shape index (κ3) is 6.15.